The predicted molar refractivity (Wildman–Crippen MR) is 61.8 cm³/mol. The summed E-state index contributed by atoms with van der Waals surface area (Å²) in [5.74, 6) is -0.380. The van der Waals surface area contributed by atoms with Crippen molar-refractivity contribution < 1.29 is 9.53 Å². The molecule has 1 aromatic rings. The molecule has 1 aromatic carbocycles. The quantitative estimate of drug-likeness (QED) is 0.628. The maximum Gasteiger partial charge on any atom is 0.327 e. The first-order chi connectivity index (χ1) is 7.19. The summed E-state index contributed by atoms with van der Waals surface area (Å²) in [6.45, 7) is 2.12. The van der Waals surface area contributed by atoms with Gasteiger partial charge in [0.25, 0.3) is 0 Å². The fourth-order valence-corrected chi connectivity index (χ4v) is 1.59. The molecule has 4 heteroatoms. The van der Waals surface area contributed by atoms with Crippen LogP contribution in [0.25, 0.3) is 0 Å². The summed E-state index contributed by atoms with van der Waals surface area (Å²) >= 11 is 1.65. The van der Waals surface area contributed by atoms with E-state index < -0.39 is 6.04 Å². The normalized spacial score (nSPS) is 12.2. The third kappa shape index (κ3) is 3.25. The Morgan fingerprint density at radius 3 is 2.53 bits per heavy atom. The largest absolute Gasteiger partial charge is 0.465 e. The van der Waals surface area contributed by atoms with Crippen molar-refractivity contribution in [2.75, 3.05) is 12.9 Å². The zero-order valence-corrected chi connectivity index (χ0v) is 9.71. The lowest BCUT2D eigenvalue weighted by molar-refractivity contribution is -0.144. The Morgan fingerprint density at radius 1 is 1.47 bits per heavy atom. The third-order valence-corrected chi connectivity index (χ3v) is 2.76. The summed E-state index contributed by atoms with van der Waals surface area (Å²) in [4.78, 5) is 12.5. The van der Waals surface area contributed by atoms with Crippen LogP contribution in [-0.2, 0) is 9.53 Å². The van der Waals surface area contributed by atoms with E-state index in [9.17, 15) is 4.79 Å². The molecule has 0 aliphatic heterocycles. The molecule has 1 unspecified atom stereocenters. The Bertz CT molecular complexity index is 324. The summed E-state index contributed by atoms with van der Waals surface area (Å²) in [5, 5.41) is 0. The molecular formula is C11H15NO2S. The van der Waals surface area contributed by atoms with Gasteiger partial charge in [0.15, 0.2) is 0 Å². The van der Waals surface area contributed by atoms with E-state index in [4.69, 9.17) is 10.5 Å². The summed E-state index contributed by atoms with van der Waals surface area (Å²) in [6, 6.07) is 6.92. The van der Waals surface area contributed by atoms with E-state index in [1.807, 2.05) is 30.5 Å². The van der Waals surface area contributed by atoms with Crippen LogP contribution in [0.3, 0.4) is 0 Å². The van der Waals surface area contributed by atoms with Gasteiger partial charge in [0, 0.05) is 4.90 Å². The third-order valence-electron chi connectivity index (χ3n) is 2.02. The highest BCUT2D eigenvalue weighted by molar-refractivity contribution is 7.98. The average molecular weight is 225 g/mol. The van der Waals surface area contributed by atoms with E-state index in [2.05, 4.69) is 0 Å². The van der Waals surface area contributed by atoms with Crippen LogP contribution >= 0.6 is 11.8 Å². The minimum Gasteiger partial charge on any atom is -0.465 e. The van der Waals surface area contributed by atoms with Crippen molar-refractivity contribution in [3.8, 4) is 0 Å². The van der Waals surface area contributed by atoms with E-state index >= 15 is 0 Å². The first-order valence-electron chi connectivity index (χ1n) is 4.75. The summed E-state index contributed by atoms with van der Waals surface area (Å²) in [6.07, 6.45) is 2.00. The summed E-state index contributed by atoms with van der Waals surface area (Å²) in [7, 11) is 0. The van der Waals surface area contributed by atoms with Gasteiger partial charge in [0.1, 0.15) is 6.04 Å². The highest BCUT2D eigenvalue weighted by Gasteiger charge is 2.16. The van der Waals surface area contributed by atoms with Crippen LogP contribution < -0.4 is 5.73 Å². The minimum atomic E-state index is -0.680. The molecule has 1 atom stereocenters. The number of nitrogens with two attached hydrogens (primary N) is 1. The monoisotopic (exact) mass is 225 g/mol. The highest BCUT2D eigenvalue weighted by atomic mass is 32.2. The number of thioether (sulfide) groups is 1. The second-order valence-electron chi connectivity index (χ2n) is 3.00. The molecule has 2 N–H and O–H groups in total. The number of ether oxygens (including phenoxy) is 1. The fraction of sp³-hybridized carbons (Fsp3) is 0.364. The van der Waals surface area contributed by atoms with E-state index in [0.29, 0.717) is 6.61 Å². The molecule has 0 aliphatic rings. The maximum atomic E-state index is 11.3. The Hall–Kier alpha value is -1.00. The fourth-order valence-electron chi connectivity index (χ4n) is 1.18. The Kier molecular flexibility index (Phi) is 4.65. The molecule has 0 amide bonds. The van der Waals surface area contributed by atoms with Gasteiger partial charge < -0.3 is 10.5 Å². The van der Waals surface area contributed by atoms with Crippen molar-refractivity contribution >= 4 is 17.7 Å². The predicted octanol–water partition coefficient (Wildman–Crippen LogP) is 1.97. The number of carbonyl (C=O) groups is 1. The van der Waals surface area contributed by atoms with Gasteiger partial charge in [-0.1, -0.05) is 12.1 Å². The van der Waals surface area contributed by atoms with Gasteiger partial charge in [0.2, 0.25) is 0 Å². The van der Waals surface area contributed by atoms with Crippen molar-refractivity contribution in [1.82, 2.24) is 0 Å². The van der Waals surface area contributed by atoms with Crippen molar-refractivity contribution in [2.45, 2.75) is 17.9 Å². The van der Waals surface area contributed by atoms with Gasteiger partial charge in [-0.2, -0.15) is 0 Å². The van der Waals surface area contributed by atoms with Gasteiger partial charge in [-0.05, 0) is 30.9 Å². The molecular weight excluding hydrogens is 210 g/mol. The van der Waals surface area contributed by atoms with E-state index in [1.165, 1.54) is 0 Å². The van der Waals surface area contributed by atoms with Crippen LogP contribution in [0.1, 0.15) is 18.5 Å². The molecule has 0 bridgehead atoms. The smallest absolute Gasteiger partial charge is 0.327 e. The number of rotatable bonds is 4. The number of hydrogen-bond donors (Lipinski definition) is 1. The molecule has 0 aliphatic carbocycles. The van der Waals surface area contributed by atoms with Crippen molar-refractivity contribution in [2.24, 2.45) is 5.73 Å². The molecule has 1 rings (SSSR count). The second-order valence-corrected chi connectivity index (χ2v) is 3.88. The van der Waals surface area contributed by atoms with Gasteiger partial charge in [-0.25, -0.2) is 4.79 Å². The number of esters is 1. The zero-order chi connectivity index (χ0) is 11.3. The van der Waals surface area contributed by atoms with Crippen LogP contribution in [-0.4, -0.2) is 18.8 Å². The van der Waals surface area contributed by atoms with Crippen LogP contribution in [0, 0.1) is 0 Å². The molecule has 0 radical (unpaired) electrons. The zero-order valence-electron chi connectivity index (χ0n) is 8.90. The first-order valence-corrected chi connectivity index (χ1v) is 5.97. The maximum absolute atomic E-state index is 11.3. The van der Waals surface area contributed by atoms with Crippen molar-refractivity contribution in [3.05, 3.63) is 29.8 Å². The average Bonchev–Trinajstić information content (AvgIpc) is 2.28. The van der Waals surface area contributed by atoms with Crippen LogP contribution in [0.15, 0.2) is 29.2 Å². The highest BCUT2D eigenvalue weighted by Crippen LogP contribution is 2.18. The van der Waals surface area contributed by atoms with E-state index in [-0.39, 0.29) is 5.97 Å². The molecule has 3 nitrogen and oxygen atoms in total. The number of hydrogen-bond acceptors (Lipinski definition) is 4. The lowest BCUT2D eigenvalue weighted by Gasteiger charge is -2.10. The molecule has 82 valence electrons. The standard InChI is InChI=1S/C11H15NO2S/c1-3-14-11(13)10(12)8-4-6-9(15-2)7-5-8/h4-7,10H,3,12H2,1-2H3. The summed E-state index contributed by atoms with van der Waals surface area (Å²) < 4.78 is 4.85. The summed E-state index contributed by atoms with van der Waals surface area (Å²) in [5.41, 5.74) is 6.52. The molecule has 0 spiro atoms. The van der Waals surface area contributed by atoms with E-state index in [0.717, 1.165) is 10.5 Å². The molecule has 0 saturated carbocycles. The SMILES string of the molecule is CCOC(=O)C(N)c1ccc(SC)cc1. The van der Waals surface area contributed by atoms with Gasteiger partial charge in [-0.3, -0.25) is 0 Å². The lowest BCUT2D eigenvalue weighted by Crippen LogP contribution is -2.23. The molecule has 15 heavy (non-hydrogen) atoms. The molecule has 0 saturated heterocycles. The molecule has 0 heterocycles. The van der Waals surface area contributed by atoms with E-state index in [1.54, 1.807) is 18.7 Å². The topological polar surface area (TPSA) is 52.3 Å². The lowest BCUT2D eigenvalue weighted by atomic mass is 10.1. The van der Waals surface area contributed by atoms with Crippen LogP contribution in [0.5, 0.6) is 0 Å². The van der Waals surface area contributed by atoms with Gasteiger partial charge in [0.05, 0.1) is 6.61 Å². The number of benzene rings is 1. The Labute approximate surface area is 94.0 Å². The number of carbonyl (C=O) groups excluding carboxylic acids is 1. The van der Waals surface area contributed by atoms with Crippen molar-refractivity contribution in [3.63, 3.8) is 0 Å². The van der Waals surface area contributed by atoms with Gasteiger partial charge >= 0.3 is 5.97 Å². The second kappa shape index (κ2) is 5.78. The molecule has 0 fully saturated rings. The van der Waals surface area contributed by atoms with Crippen LogP contribution in [0.4, 0.5) is 0 Å². The minimum absolute atomic E-state index is 0.357. The molecule has 0 aromatic heterocycles. The Morgan fingerprint density at radius 2 is 2.07 bits per heavy atom. The Balaban J connectivity index is 2.73. The first kappa shape index (κ1) is 12.1. The van der Waals surface area contributed by atoms with Crippen molar-refractivity contribution in [1.29, 1.82) is 0 Å². The van der Waals surface area contributed by atoms with Crippen LogP contribution in [0.2, 0.25) is 0 Å². The van der Waals surface area contributed by atoms with Gasteiger partial charge in [-0.15, -0.1) is 11.8 Å².